The molecule has 2 N–H and O–H groups in total. The maximum Gasteiger partial charge on any atom is 0.321 e. The quantitative estimate of drug-likeness (QED) is 0.627. The molecule has 0 unspecified atom stereocenters. The number of carbonyl (C=O) groups is 1. The molecule has 0 saturated carbocycles. The average Bonchev–Trinajstić information content (AvgIpc) is 3.34. The predicted octanol–water partition coefficient (Wildman–Crippen LogP) is 2.52. The van der Waals surface area contributed by atoms with Crippen molar-refractivity contribution in [3.8, 4) is 5.82 Å². The van der Waals surface area contributed by atoms with Crippen LogP contribution in [-0.2, 0) is 28.2 Å². The molecular formula is C26H39FN8O3. The Kier molecular flexibility index (Phi) is 7.08. The molecule has 208 valence electrons. The summed E-state index contributed by atoms with van der Waals surface area (Å²) in [5, 5.41) is 4.42. The number of nitrogen functional groups attached to an aromatic ring is 1. The van der Waals surface area contributed by atoms with Gasteiger partial charge in [0, 0.05) is 52.1 Å². The van der Waals surface area contributed by atoms with Gasteiger partial charge in [-0.25, -0.2) is 23.8 Å². The SMILES string of the molecule is COCc1ncc(F)c(-n2nc(N)c3c2C(C)(C)N(C(=O)N2CCN(CC4CCOCC4)CC2(C)C)C3)n1. The smallest absolute Gasteiger partial charge is 0.321 e. The van der Waals surface area contributed by atoms with Crippen LogP contribution in [0.3, 0.4) is 0 Å². The highest BCUT2D eigenvalue weighted by molar-refractivity contribution is 5.78. The molecule has 3 aliphatic rings. The molecule has 5 rings (SSSR count). The normalized spacial score (nSPS) is 21.6. The summed E-state index contributed by atoms with van der Waals surface area (Å²) in [4.78, 5) is 28.7. The molecule has 5 heterocycles. The topological polar surface area (TPSA) is 115 Å². The third kappa shape index (κ3) is 4.73. The molecular weight excluding hydrogens is 491 g/mol. The number of carbonyl (C=O) groups excluding carboxylic acids is 1. The van der Waals surface area contributed by atoms with E-state index < -0.39 is 11.4 Å². The summed E-state index contributed by atoms with van der Waals surface area (Å²) < 4.78 is 27.0. The zero-order chi connectivity index (χ0) is 27.2. The highest BCUT2D eigenvalue weighted by Gasteiger charge is 2.49. The molecule has 38 heavy (non-hydrogen) atoms. The van der Waals surface area contributed by atoms with Gasteiger partial charge in [-0.3, -0.25) is 4.90 Å². The van der Waals surface area contributed by atoms with Crippen molar-refractivity contribution in [2.45, 2.75) is 64.8 Å². The monoisotopic (exact) mass is 530 g/mol. The van der Waals surface area contributed by atoms with Gasteiger partial charge >= 0.3 is 6.03 Å². The molecule has 12 heteroatoms. The van der Waals surface area contributed by atoms with Crippen molar-refractivity contribution in [3.05, 3.63) is 29.1 Å². The largest absolute Gasteiger partial charge is 0.382 e. The number of hydrogen-bond donors (Lipinski definition) is 1. The Labute approximate surface area is 223 Å². The number of rotatable bonds is 5. The summed E-state index contributed by atoms with van der Waals surface area (Å²) in [6, 6.07) is -0.0592. The zero-order valence-corrected chi connectivity index (χ0v) is 23.0. The van der Waals surface area contributed by atoms with Gasteiger partial charge in [0.2, 0.25) is 0 Å². The van der Waals surface area contributed by atoms with Crippen molar-refractivity contribution in [1.29, 1.82) is 0 Å². The van der Waals surface area contributed by atoms with E-state index >= 15 is 0 Å². The Morgan fingerprint density at radius 1 is 1.21 bits per heavy atom. The lowest BCUT2D eigenvalue weighted by atomic mass is 9.95. The van der Waals surface area contributed by atoms with Crippen molar-refractivity contribution < 1.29 is 18.7 Å². The fourth-order valence-corrected chi connectivity index (χ4v) is 6.14. The first-order valence-electron chi connectivity index (χ1n) is 13.3. The summed E-state index contributed by atoms with van der Waals surface area (Å²) in [7, 11) is 1.52. The van der Waals surface area contributed by atoms with E-state index in [9.17, 15) is 9.18 Å². The zero-order valence-electron chi connectivity index (χ0n) is 23.0. The maximum atomic E-state index is 14.9. The van der Waals surface area contributed by atoms with Crippen molar-refractivity contribution in [3.63, 3.8) is 0 Å². The van der Waals surface area contributed by atoms with Gasteiger partial charge in [-0.1, -0.05) is 0 Å². The molecule has 0 aliphatic carbocycles. The number of piperazine rings is 1. The highest BCUT2D eigenvalue weighted by atomic mass is 19.1. The molecule has 2 aromatic heterocycles. The minimum Gasteiger partial charge on any atom is -0.382 e. The maximum absolute atomic E-state index is 14.9. The van der Waals surface area contributed by atoms with E-state index in [1.54, 1.807) is 0 Å². The Balaban J connectivity index is 1.38. The number of nitrogens with two attached hydrogens (primary N) is 1. The third-order valence-electron chi connectivity index (χ3n) is 8.13. The van der Waals surface area contributed by atoms with E-state index in [0.29, 0.717) is 36.1 Å². The second-order valence-electron chi connectivity index (χ2n) is 11.7. The Morgan fingerprint density at radius 3 is 2.63 bits per heavy atom. The number of ether oxygens (including phenoxy) is 2. The minimum absolute atomic E-state index is 0.00979. The number of methoxy groups -OCH3 is 1. The molecule has 0 bridgehead atoms. The molecule has 2 saturated heterocycles. The second kappa shape index (κ2) is 10.0. The lowest BCUT2D eigenvalue weighted by Gasteiger charge is -2.50. The molecule has 0 atom stereocenters. The van der Waals surface area contributed by atoms with Crippen LogP contribution in [0.4, 0.5) is 15.0 Å². The van der Waals surface area contributed by atoms with Gasteiger partial charge in [-0.15, -0.1) is 5.10 Å². The van der Waals surface area contributed by atoms with E-state index in [1.165, 1.54) is 11.8 Å². The van der Waals surface area contributed by atoms with Gasteiger partial charge in [0.1, 0.15) is 6.61 Å². The summed E-state index contributed by atoms with van der Waals surface area (Å²) in [6.07, 6.45) is 3.30. The van der Waals surface area contributed by atoms with Crippen LogP contribution < -0.4 is 5.73 Å². The van der Waals surface area contributed by atoms with Gasteiger partial charge in [0.05, 0.1) is 29.5 Å². The van der Waals surface area contributed by atoms with Crippen LogP contribution in [0.2, 0.25) is 0 Å². The van der Waals surface area contributed by atoms with E-state index in [2.05, 4.69) is 33.8 Å². The van der Waals surface area contributed by atoms with E-state index in [-0.39, 0.29) is 29.8 Å². The van der Waals surface area contributed by atoms with Crippen LogP contribution in [0, 0.1) is 11.7 Å². The number of hydrogen-bond acceptors (Lipinski definition) is 8. The summed E-state index contributed by atoms with van der Waals surface area (Å²) in [6.45, 7) is 13.6. The van der Waals surface area contributed by atoms with Crippen molar-refractivity contribution in [2.24, 2.45) is 5.92 Å². The molecule has 0 spiro atoms. The van der Waals surface area contributed by atoms with Crippen LogP contribution in [0.15, 0.2) is 6.20 Å². The first kappa shape index (κ1) is 26.8. The van der Waals surface area contributed by atoms with Crippen LogP contribution in [-0.4, -0.2) is 92.5 Å². The average molecular weight is 531 g/mol. The predicted molar refractivity (Wildman–Crippen MR) is 139 cm³/mol. The number of anilines is 1. The Bertz CT molecular complexity index is 1190. The van der Waals surface area contributed by atoms with E-state index in [1.807, 2.05) is 23.6 Å². The first-order chi connectivity index (χ1) is 18.0. The molecule has 0 aromatic carbocycles. The number of aromatic nitrogens is 4. The van der Waals surface area contributed by atoms with Gasteiger partial charge in [-0.2, -0.15) is 0 Å². The van der Waals surface area contributed by atoms with E-state index in [0.717, 1.165) is 51.9 Å². The molecule has 3 aliphatic heterocycles. The lowest BCUT2D eigenvalue weighted by Crippen LogP contribution is -2.64. The van der Waals surface area contributed by atoms with Crippen LogP contribution in [0.5, 0.6) is 0 Å². The summed E-state index contributed by atoms with van der Waals surface area (Å²) in [5.41, 5.74) is 6.53. The van der Waals surface area contributed by atoms with Crippen molar-refractivity contribution in [1.82, 2.24) is 34.4 Å². The molecule has 11 nitrogen and oxygen atoms in total. The van der Waals surface area contributed by atoms with Crippen molar-refractivity contribution >= 4 is 11.8 Å². The first-order valence-corrected chi connectivity index (χ1v) is 13.3. The molecule has 2 fully saturated rings. The molecule has 2 amide bonds. The van der Waals surface area contributed by atoms with Crippen LogP contribution >= 0.6 is 0 Å². The molecule has 0 radical (unpaired) electrons. The third-order valence-corrected chi connectivity index (χ3v) is 8.13. The second-order valence-corrected chi connectivity index (χ2v) is 11.7. The fourth-order valence-electron chi connectivity index (χ4n) is 6.14. The number of amides is 2. The highest BCUT2D eigenvalue weighted by Crippen LogP contribution is 2.43. The number of fused-ring (bicyclic) bond motifs is 1. The Morgan fingerprint density at radius 2 is 1.95 bits per heavy atom. The summed E-state index contributed by atoms with van der Waals surface area (Å²) >= 11 is 0. The number of urea groups is 1. The van der Waals surface area contributed by atoms with E-state index in [4.69, 9.17) is 15.2 Å². The minimum atomic E-state index is -0.800. The van der Waals surface area contributed by atoms with Crippen molar-refractivity contribution in [2.75, 3.05) is 52.2 Å². The van der Waals surface area contributed by atoms with Gasteiger partial charge in [0.15, 0.2) is 23.3 Å². The van der Waals surface area contributed by atoms with Gasteiger partial charge in [0.25, 0.3) is 0 Å². The standard InChI is InChI=1S/C26H39FN8O3/c1-25(2)16-32(13-17-6-10-38-11-7-17)8-9-33(25)24(36)34-14-18-21(26(34,3)4)35(31-22(18)28)23-19(27)12-29-20(30-23)15-37-5/h12,17H,6-11,13-16H2,1-5H3,(H2,28,31). The summed E-state index contributed by atoms with van der Waals surface area (Å²) in [5.74, 6) is 0.597. The van der Waals surface area contributed by atoms with Gasteiger partial charge in [-0.05, 0) is 46.5 Å². The molecule has 2 aromatic rings. The van der Waals surface area contributed by atoms with Crippen LogP contribution in [0.25, 0.3) is 5.82 Å². The lowest BCUT2D eigenvalue weighted by molar-refractivity contribution is 0.000956. The Hall–Kier alpha value is -2.83. The number of halogens is 1. The van der Waals surface area contributed by atoms with Gasteiger partial charge < -0.3 is 25.0 Å². The number of nitrogens with zero attached hydrogens (tertiary/aromatic N) is 7. The van der Waals surface area contributed by atoms with Crippen LogP contribution in [0.1, 0.15) is 57.6 Å². The fraction of sp³-hybridized carbons (Fsp3) is 0.692.